The zero-order valence-corrected chi connectivity index (χ0v) is 39.7. The Kier molecular flexibility index (Phi) is 17.6. The molecule has 0 bridgehead atoms. The fourth-order valence-electron chi connectivity index (χ4n) is 7.40. The minimum Gasteiger partial charge on any atom is -0.415 e. The second kappa shape index (κ2) is 23.1. The molecule has 0 unspecified atom stereocenters. The van der Waals surface area contributed by atoms with E-state index in [1.54, 1.807) is 5.32 Å². The highest BCUT2D eigenvalue weighted by Gasteiger charge is 2.34. The number of anilines is 2. The maximum absolute atomic E-state index is 15.0. The Morgan fingerprint density at radius 1 is 0.634 bits per heavy atom. The normalized spacial score (nSPS) is 15.7. The molecule has 0 spiro atoms. The second-order valence-electron chi connectivity index (χ2n) is 16.2. The molecule has 2 aliphatic heterocycles. The Morgan fingerprint density at radius 3 is 1.51 bits per heavy atom. The van der Waals surface area contributed by atoms with Crippen LogP contribution in [0.5, 0.6) is 0 Å². The van der Waals surface area contributed by atoms with Gasteiger partial charge in [0, 0.05) is 45.5 Å². The van der Waals surface area contributed by atoms with Crippen molar-refractivity contribution in [1.29, 1.82) is 0 Å². The number of carbonyl (C=O) groups excluding carboxylic acids is 4. The number of aromatic nitrogens is 2. The molecule has 0 aliphatic carbocycles. The molecule has 2 aliphatic rings. The maximum atomic E-state index is 15.0. The number of carbonyl (C=O) groups is 4. The van der Waals surface area contributed by atoms with E-state index in [4.69, 9.17) is 27.6 Å². The first kappa shape index (κ1) is 54.4. The van der Waals surface area contributed by atoms with Crippen LogP contribution in [-0.2, 0) is 47.1 Å². The van der Waals surface area contributed by atoms with E-state index in [2.05, 4.69) is 10.2 Å². The lowest BCUT2D eigenvalue weighted by Crippen LogP contribution is -2.39. The third kappa shape index (κ3) is 14.1. The number of nitrogens with zero attached hydrogens (tertiary/aromatic N) is 4. The first-order valence-corrected chi connectivity index (χ1v) is 25.5. The molecule has 3 heterocycles. The molecule has 0 radical (unpaired) electrons. The standard InChI is InChI=1S/C23H21ClF4N2O5S.C22H18ClF4N3O4S/c24-17-10-16(3-4-18(17)25)30(23(33)13-5-7-36(34,35)8-6-13)12-15-2-1-14(9-19(15)26)20(31)11-29-22(32)21(27)28;23-16-10-15(3-4-17(16)24)30(22(31)12-5-7-35(32,33)8-6-12)11-14-2-1-13(9-18(14)25)20-28-29-21(34-20)19(26)27/h1-4,9-10,13,21H,5-8,11-12H2,(H,29,32);1-4,9-10,12,19H,5-8,11H2. The molecular formula is C45H39Cl2F8N5O9S2. The number of nitrogens with one attached hydrogen (secondary N) is 1. The number of rotatable bonds is 14. The zero-order valence-electron chi connectivity index (χ0n) is 36.6. The molecule has 26 heteroatoms. The van der Waals surface area contributed by atoms with Crippen molar-refractivity contribution in [2.45, 2.75) is 51.6 Å². The smallest absolute Gasteiger partial charge is 0.315 e. The van der Waals surface area contributed by atoms with Crippen molar-refractivity contribution >= 4 is 77.8 Å². The molecule has 0 atom stereocenters. The Morgan fingerprint density at radius 2 is 1.10 bits per heavy atom. The second-order valence-corrected chi connectivity index (χ2v) is 21.6. The summed E-state index contributed by atoms with van der Waals surface area (Å²) in [5, 5.41) is 7.90. The van der Waals surface area contributed by atoms with Crippen molar-refractivity contribution in [1.82, 2.24) is 15.5 Å². The van der Waals surface area contributed by atoms with Crippen molar-refractivity contribution in [2.24, 2.45) is 11.8 Å². The van der Waals surface area contributed by atoms with E-state index in [0.717, 1.165) is 29.2 Å². The number of ketones is 1. The number of benzene rings is 4. The van der Waals surface area contributed by atoms with Gasteiger partial charge in [0.05, 0.1) is 52.7 Å². The van der Waals surface area contributed by atoms with Gasteiger partial charge in [0.15, 0.2) is 5.78 Å². The van der Waals surface area contributed by atoms with Gasteiger partial charge >= 0.3 is 12.9 Å². The van der Waals surface area contributed by atoms with E-state index >= 15 is 0 Å². The predicted octanol–water partition coefficient (Wildman–Crippen LogP) is 8.50. The van der Waals surface area contributed by atoms with Gasteiger partial charge in [0.25, 0.3) is 11.8 Å². The highest BCUT2D eigenvalue weighted by Crippen LogP contribution is 2.33. The summed E-state index contributed by atoms with van der Waals surface area (Å²) < 4.78 is 159. The van der Waals surface area contributed by atoms with E-state index in [0.29, 0.717) is 0 Å². The molecule has 1 N–H and O–H groups in total. The quantitative estimate of drug-likeness (QED) is 0.0828. The lowest BCUT2D eigenvalue weighted by molar-refractivity contribution is -0.131. The van der Waals surface area contributed by atoms with Crippen LogP contribution in [0.3, 0.4) is 0 Å². The average Bonchev–Trinajstić information content (AvgIpc) is 3.83. The van der Waals surface area contributed by atoms with Crippen LogP contribution in [-0.4, -0.2) is 86.5 Å². The number of alkyl halides is 4. The van der Waals surface area contributed by atoms with Gasteiger partial charge in [-0.1, -0.05) is 41.4 Å². The summed E-state index contributed by atoms with van der Waals surface area (Å²) in [6.45, 7) is -1.38. The molecule has 0 saturated carbocycles. The maximum Gasteiger partial charge on any atom is 0.315 e. The molecule has 3 amide bonds. The van der Waals surface area contributed by atoms with Crippen molar-refractivity contribution in [3.05, 3.63) is 129 Å². The van der Waals surface area contributed by atoms with E-state index in [9.17, 15) is 71.1 Å². The van der Waals surface area contributed by atoms with Crippen LogP contribution in [0.25, 0.3) is 11.5 Å². The molecule has 1 aromatic heterocycles. The highest BCUT2D eigenvalue weighted by atomic mass is 35.5. The minimum atomic E-state index is -3.30. The van der Waals surface area contributed by atoms with Gasteiger partial charge in [-0.25, -0.2) is 34.4 Å². The Labute approximate surface area is 410 Å². The van der Waals surface area contributed by atoms with Gasteiger partial charge in [-0.05, 0) is 80.3 Å². The monoisotopic (exact) mass is 1080 g/mol. The molecule has 14 nitrogen and oxygen atoms in total. The van der Waals surface area contributed by atoms with Crippen molar-refractivity contribution < 1.29 is 75.6 Å². The predicted molar refractivity (Wildman–Crippen MR) is 242 cm³/mol. The molecular weight excluding hydrogens is 1040 g/mol. The number of amides is 3. The van der Waals surface area contributed by atoms with E-state index in [1.807, 2.05) is 0 Å². The summed E-state index contributed by atoms with van der Waals surface area (Å²) in [7, 11) is -6.47. The van der Waals surface area contributed by atoms with Crippen LogP contribution >= 0.6 is 23.2 Å². The number of hydrogen-bond donors (Lipinski definition) is 1. The lowest BCUT2D eigenvalue weighted by atomic mass is 9.99. The minimum absolute atomic E-state index is 0.0274. The van der Waals surface area contributed by atoms with Crippen molar-refractivity contribution in [3.8, 4) is 11.5 Å². The highest BCUT2D eigenvalue weighted by molar-refractivity contribution is 7.91. The third-order valence-corrected chi connectivity index (χ3v) is 15.4. The SMILES string of the molecule is O=C(C1CCS(=O)(=O)CC1)N(Cc1ccc(-c2nnc(C(F)F)o2)cc1F)c1ccc(F)c(Cl)c1.O=C(CNC(=O)C(F)F)c1ccc(CN(C(=O)C2CCS(=O)(=O)CC2)c2ccc(F)c(Cl)c2)c(F)c1. The average molecular weight is 1080 g/mol. The number of halogens is 10. The van der Waals surface area contributed by atoms with Crippen molar-refractivity contribution in [2.75, 3.05) is 39.4 Å². The van der Waals surface area contributed by atoms with E-state index in [1.165, 1.54) is 53.4 Å². The van der Waals surface area contributed by atoms with Crippen LogP contribution in [0.15, 0.2) is 77.2 Å². The molecule has 2 fully saturated rings. The first-order valence-electron chi connectivity index (χ1n) is 21.1. The molecule has 7 rings (SSSR count). The third-order valence-electron chi connectivity index (χ3n) is 11.4. The summed E-state index contributed by atoms with van der Waals surface area (Å²) in [5.41, 5.74) is 0.266. The molecule has 4 aromatic carbocycles. The summed E-state index contributed by atoms with van der Waals surface area (Å²) in [4.78, 5) is 52.1. The van der Waals surface area contributed by atoms with Gasteiger partial charge in [-0.15, -0.1) is 10.2 Å². The fraction of sp³-hybridized carbons (Fsp3) is 0.333. The van der Waals surface area contributed by atoms with Gasteiger partial charge < -0.3 is 19.5 Å². The fourth-order valence-corrected chi connectivity index (χ4v) is 10.7. The summed E-state index contributed by atoms with van der Waals surface area (Å²) in [6, 6.07) is 14.1. The van der Waals surface area contributed by atoms with Gasteiger partial charge in [0.1, 0.15) is 42.9 Å². The molecule has 5 aromatic rings. The Hall–Kier alpha value is -5.98. The van der Waals surface area contributed by atoms with Crippen LogP contribution in [0.4, 0.5) is 46.5 Å². The topological polar surface area (TPSA) is 194 Å². The molecule has 71 heavy (non-hydrogen) atoms. The van der Waals surface area contributed by atoms with Crippen molar-refractivity contribution in [3.63, 3.8) is 0 Å². The summed E-state index contributed by atoms with van der Waals surface area (Å²) in [6.07, 6.45) is -5.91. The van der Waals surface area contributed by atoms with E-state index in [-0.39, 0.29) is 111 Å². The Balaban J connectivity index is 0.000000232. The first-order chi connectivity index (χ1) is 33.4. The van der Waals surface area contributed by atoms with Crippen LogP contribution in [0, 0.1) is 35.1 Å². The number of Topliss-reactive ketones (excluding diaryl/α,β-unsaturated/α-hetero) is 1. The van der Waals surface area contributed by atoms with Crippen LogP contribution in [0.1, 0.15) is 59.5 Å². The van der Waals surface area contributed by atoms with Gasteiger partial charge in [-0.3, -0.25) is 19.2 Å². The van der Waals surface area contributed by atoms with Crippen LogP contribution < -0.4 is 15.1 Å². The molecule has 380 valence electrons. The lowest BCUT2D eigenvalue weighted by Gasteiger charge is -2.30. The number of hydrogen-bond acceptors (Lipinski definition) is 11. The van der Waals surface area contributed by atoms with Gasteiger partial charge in [-0.2, -0.15) is 17.6 Å². The largest absolute Gasteiger partial charge is 0.415 e. The molecule has 2 saturated heterocycles. The summed E-state index contributed by atoms with van der Waals surface area (Å²) in [5.74, 6) is -9.63. The zero-order chi connectivity index (χ0) is 51.9. The summed E-state index contributed by atoms with van der Waals surface area (Å²) >= 11 is 11.8. The van der Waals surface area contributed by atoms with Crippen LogP contribution in [0.2, 0.25) is 10.0 Å². The number of sulfone groups is 2. The van der Waals surface area contributed by atoms with Gasteiger partial charge in [0.2, 0.25) is 17.7 Å². The van der Waals surface area contributed by atoms with E-state index < -0.39 is 104 Å². The Bertz CT molecular complexity index is 3030.